The number of hydrogen-bond donors (Lipinski definition) is 0. The molecule has 0 amide bonds. The summed E-state index contributed by atoms with van der Waals surface area (Å²) in [6, 6.07) is 12.5. The Hall–Kier alpha value is -1.87. The number of benzene rings is 2. The zero-order valence-electron chi connectivity index (χ0n) is 22.8. The Morgan fingerprint density at radius 3 is 1.26 bits per heavy atom. The maximum Gasteiger partial charge on any atom is 0.184 e. The molecule has 2 aromatic rings. The third kappa shape index (κ3) is 8.73. The van der Waals surface area contributed by atoms with Gasteiger partial charge in [-0.15, -0.1) is 0 Å². The van der Waals surface area contributed by atoms with Crippen LogP contribution in [0, 0.1) is 0 Å². The molecule has 0 bridgehead atoms. The summed E-state index contributed by atoms with van der Waals surface area (Å²) in [6.45, 7) is 29.6. The Balaban J connectivity index is 2.13. The Morgan fingerprint density at radius 2 is 0.941 bits per heavy atom. The Kier molecular flexibility index (Phi) is 9.39. The van der Waals surface area contributed by atoms with E-state index in [4.69, 9.17) is 18.3 Å². The fourth-order valence-electron chi connectivity index (χ4n) is 3.68. The molecule has 0 aliphatic rings. The largest absolute Gasteiger partial charge is 0.488 e. The number of rotatable bonds is 12. The highest BCUT2D eigenvalue weighted by Gasteiger charge is 2.25. The molecule has 0 saturated carbocycles. The van der Waals surface area contributed by atoms with Gasteiger partial charge in [-0.3, -0.25) is 0 Å². The first-order chi connectivity index (χ1) is 15.6. The van der Waals surface area contributed by atoms with Crippen LogP contribution in [-0.4, -0.2) is 41.1 Å². The second-order valence-electron chi connectivity index (χ2n) is 11.1. The molecule has 0 aromatic heterocycles. The summed E-state index contributed by atoms with van der Waals surface area (Å²) >= 11 is 0. The van der Waals surface area contributed by atoms with Crippen molar-refractivity contribution in [2.45, 2.75) is 91.4 Å². The quantitative estimate of drug-likeness (QED) is 0.218. The predicted octanol–water partition coefficient (Wildman–Crippen LogP) is 8.07. The van der Waals surface area contributed by atoms with Gasteiger partial charge >= 0.3 is 0 Å². The molecule has 0 spiro atoms. The topological polar surface area (TPSA) is 36.9 Å². The molecule has 4 nitrogen and oxygen atoms in total. The molecular formula is C28H44O4Si2. The number of hydrogen-bond acceptors (Lipinski definition) is 4. The van der Waals surface area contributed by atoms with Crippen molar-refractivity contribution >= 4 is 38.9 Å². The van der Waals surface area contributed by atoms with E-state index < -0.39 is 16.6 Å². The predicted molar refractivity (Wildman–Crippen MR) is 151 cm³/mol. The van der Waals surface area contributed by atoms with Crippen LogP contribution >= 0.6 is 0 Å². The van der Waals surface area contributed by atoms with Crippen LogP contribution in [0.4, 0.5) is 0 Å². The fourth-order valence-corrected chi connectivity index (χ4v) is 6.29. The van der Waals surface area contributed by atoms with Crippen molar-refractivity contribution in [3.63, 3.8) is 0 Å². The lowest BCUT2D eigenvalue weighted by atomic mass is 10.0. The SMILES string of the molecule is C=C(O[C@H](C)[C@H](C)O[Si](C)(C)C)c1ccc2ccc(C(=C)O[C@H](C)[C@H](C)O[Si](C)(C)C)cc2c1. The maximum atomic E-state index is 6.17. The molecule has 2 rings (SSSR count). The molecule has 0 aliphatic heterocycles. The van der Waals surface area contributed by atoms with Crippen molar-refractivity contribution in [1.82, 2.24) is 0 Å². The van der Waals surface area contributed by atoms with Gasteiger partial charge in [-0.1, -0.05) is 37.4 Å². The molecule has 0 aliphatic carbocycles. The number of fused-ring (bicyclic) bond motifs is 1. The summed E-state index contributed by atoms with van der Waals surface area (Å²) in [5.74, 6) is 1.29. The van der Waals surface area contributed by atoms with Gasteiger partial charge in [0.2, 0.25) is 0 Å². The standard InChI is InChI=1S/C28H44O4Si2/c1-19(21(3)31-33(7,8)9)29-23(5)26-15-13-25-14-16-27(18-28(25)17-26)24(6)30-20(2)22(4)32-34(10,11)12/h13-22H,5-6H2,1-4,7-12H3/t19-,20-,21+,22+/m1/s1. The van der Waals surface area contributed by atoms with Crippen LogP contribution < -0.4 is 0 Å². The highest BCUT2D eigenvalue weighted by molar-refractivity contribution is 6.70. The minimum atomic E-state index is -1.63. The Morgan fingerprint density at radius 1 is 0.588 bits per heavy atom. The van der Waals surface area contributed by atoms with E-state index in [2.05, 4.69) is 90.6 Å². The average Bonchev–Trinajstić information content (AvgIpc) is 2.70. The lowest BCUT2D eigenvalue weighted by Crippen LogP contribution is -2.36. The van der Waals surface area contributed by atoms with Gasteiger partial charge in [-0.2, -0.15) is 0 Å². The van der Waals surface area contributed by atoms with E-state index in [1.54, 1.807) is 0 Å². The van der Waals surface area contributed by atoms with Crippen molar-refractivity contribution in [2.24, 2.45) is 0 Å². The van der Waals surface area contributed by atoms with Gasteiger partial charge in [0, 0.05) is 11.1 Å². The summed E-state index contributed by atoms with van der Waals surface area (Å²) in [7, 11) is -3.27. The summed E-state index contributed by atoms with van der Waals surface area (Å²) in [5.41, 5.74) is 1.91. The Bertz CT molecular complexity index is 927. The molecule has 0 heterocycles. The van der Waals surface area contributed by atoms with Crippen LogP contribution in [-0.2, 0) is 18.3 Å². The molecule has 0 unspecified atom stereocenters. The van der Waals surface area contributed by atoms with Gasteiger partial charge in [0.05, 0.1) is 12.2 Å². The van der Waals surface area contributed by atoms with Crippen molar-refractivity contribution < 1.29 is 18.3 Å². The monoisotopic (exact) mass is 500 g/mol. The van der Waals surface area contributed by atoms with Gasteiger partial charge < -0.3 is 18.3 Å². The van der Waals surface area contributed by atoms with Crippen molar-refractivity contribution in [3.05, 3.63) is 60.7 Å². The molecule has 0 saturated heterocycles. The van der Waals surface area contributed by atoms with E-state index in [1.807, 2.05) is 26.0 Å². The van der Waals surface area contributed by atoms with Gasteiger partial charge in [-0.25, -0.2) is 0 Å². The maximum absolute atomic E-state index is 6.17. The smallest absolute Gasteiger partial charge is 0.184 e. The highest BCUT2D eigenvalue weighted by Crippen LogP contribution is 2.27. The van der Waals surface area contributed by atoms with E-state index in [0.29, 0.717) is 11.5 Å². The molecule has 0 radical (unpaired) electrons. The average molecular weight is 501 g/mol. The van der Waals surface area contributed by atoms with E-state index in [-0.39, 0.29) is 24.4 Å². The van der Waals surface area contributed by atoms with Crippen LogP contribution in [0.5, 0.6) is 0 Å². The minimum Gasteiger partial charge on any atom is -0.488 e. The molecule has 0 fully saturated rings. The van der Waals surface area contributed by atoms with Crippen LogP contribution in [0.1, 0.15) is 38.8 Å². The van der Waals surface area contributed by atoms with Gasteiger partial charge in [0.25, 0.3) is 0 Å². The number of ether oxygens (including phenoxy) is 2. The third-order valence-electron chi connectivity index (χ3n) is 5.54. The Labute approximate surface area is 209 Å². The molecule has 6 heteroatoms. The van der Waals surface area contributed by atoms with Gasteiger partial charge in [-0.05, 0) is 89.9 Å². The lowest BCUT2D eigenvalue weighted by Gasteiger charge is -2.29. The summed E-state index contributed by atoms with van der Waals surface area (Å²) in [4.78, 5) is 0. The first-order valence-corrected chi connectivity index (χ1v) is 19.0. The summed E-state index contributed by atoms with van der Waals surface area (Å²) in [5, 5.41) is 2.22. The molecule has 2 aromatic carbocycles. The van der Waals surface area contributed by atoms with Crippen molar-refractivity contribution in [2.75, 3.05) is 0 Å². The first-order valence-electron chi connectivity index (χ1n) is 12.2. The highest BCUT2D eigenvalue weighted by atomic mass is 28.4. The second-order valence-corrected chi connectivity index (χ2v) is 20.1. The third-order valence-corrected chi connectivity index (χ3v) is 7.70. The first kappa shape index (κ1) is 28.4. The van der Waals surface area contributed by atoms with Crippen molar-refractivity contribution in [1.29, 1.82) is 0 Å². The second kappa shape index (κ2) is 11.2. The molecular weight excluding hydrogens is 456 g/mol. The molecule has 34 heavy (non-hydrogen) atoms. The fraction of sp³-hybridized carbons (Fsp3) is 0.500. The zero-order valence-corrected chi connectivity index (χ0v) is 24.8. The minimum absolute atomic E-state index is 0.00487. The lowest BCUT2D eigenvalue weighted by molar-refractivity contribution is 0.0546. The van der Waals surface area contributed by atoms with Gasteiger partial charge in [0.15, 0.2) is 16.6 Å². The van der Waals surface area contributed by atoms with E-state index in [0.717, 1.165) is 21.9 Å². The van der Waals surface area contributed by atoms with Crippen LogP contribution in [0.25, 0.3) is 22.3 Å². The van der Waals surface area contributed by atoms with E-state index >= 15 is 0 Å². The summed E-state index contributed by atoms with van der Waals surface area (Å²) < 4.78 is 24.6. The molecule has 0 N–H and O–H groups in total. The van der Waals surface area contributed by atoms with Crippen molar-refractivity contribution in [3.8, 4) is 0 Å². The van der Waals surface area contributed by atoms with Gasteiger partial charge in [0.1, 0.15) is 23.7 Å². The van der Waals surface area contributed by atoms with Crippen LogP contribution in [0.3, 0.4) is 0 Å². The van der Waals surface area contributed by atoms with Crippen LogP contribution in [0.2, 0.25) is 39.3 Å². The summed E-state index contributed by atoms with van der Waals surface area (Å²) in [6.07, 6.45) is -0.164. The van der Waals surface area contributed by atoms with Crippen LogP contribution in [0.15, 0.2) is 49.6 Å². The molecule has 4 atom stereocenters. The zero-order chi connectivity index (χ0) is 25.8. The normalized spacial score (nSPS) is 15.9. The van der Waals surface area contributed by atoms with E-state index in [9.17, 15) is 0 Å². The van der Waals surface area contributed by atoms with E-state index in [1.165, 1.54) is 0 Å². The molecule has 188 valence electrons.